The Morgan fingerprint density at radius 1 is 1.24 bits per heavy atom. The molecule has 17 heavy (non-hydrogen) atoms. The summed E-state index contributed by atoms with van der Waals surface area (Å²) in [6.45, 7) is 7.87. The summed E-state index contributed by atoms with van der Waals surface area (Å²) in [4.78, 5) is 0. The lowest BCUT2D eigenvalue weighted by Gasteiger charge is -2.30. The van der Waals surface area contributed by atoms with Gasteiger partial charge in [0.05, 0.1) is 26.4 Å². The van der Waals surface area contributed by atoms with E-state index in [1.165, 1.54) is 16.7 Å². The molecule has 0 aromatic heterocycles. The van der Waals surface area contributed by atoms with Gasteiger partial charge in [0.2, 0.25) is 0 Å². The lowest BCUT2D eigenvalue weighted by molar-refractivity contribution is 0.0496. The minimum Gasteiger partial charge on any atom is -0.496 e. The second-order valence-electron chi connectivity index (χ2n) is 4.84. The van der Waals surface area contributed by atoms with E-state index < -0.39 is 0 Å². The highest BCUT2D eigenvalue weighted by atomic mass is 16.5. The van der Waals surface area contributed by atoms with Crippen LogP contribution in [0.1, 0.15) is 29.7 Å². The van der Waals surface area contributed by atoms with Gasteiger partial charge in [-0.25, -0.2) is 0 Å². The molecule has 1 heterocycles. The molecule has 0 amide bonds. The summed E-state index contributed by atoms with van der Waals surface area (Å²) in [7, 11) is 1.72. The fraction of sp³-hybridized carbons (Fsp3) is 0.571. The van der Waals surface area contributed by atoms with E-state index in [1.54, 1.807) is 7.11 Å². The van der Waals surface area contributed by atoms with Gasteiger partial charge in [-0.2, -0.15) is 0 Å². The van der Waals surface area contributed by atoms with Gasteiger partial charge in [-0.3, -0.25) is 0 Å². The van der Waals surface area contributed by atoms with Crippen molar-refractivity contribution in [2.75, 3.05) is 20.3 Å². The Morgan fingerprint density at radius 2 is 1.94 bits per heavy atom. The molecular weight excluding hydrogens is 214 g/mol. The Morgan fingerprint density at radius 3 is 2.59 bits per heavy atom. The van der Waals surface area contributed by atoms with Crippen molar-refractivity contribution in [1.29, 1.82) is 0 Å². The molecule has 0 radical (unpaired) electrons. The van der Waals surface area contributed by atoms with Gasteiger partial charge in [-0.15, -0.1) is 0 Å². The van der Waals surface area contributed by atoms with Crippen LogP contribution in [0.4, 0.5) is 0 Å². The predicted octanol–water partition coefficient (Wildman–Crippen LogP) is 2.36. The molecule has 2 unspecified atom stereocenters. The Labute approximate surface area is 103 Å². The van der Waals surface area contributed by atoms with Crippen LogP contribution in [0.2, 0.25) is 0 Å². The highest BCUT2D eigenvalue weighted by Crippen LogP contribution is 2.30. The van der Waals surface area contributed by atoms with E-state index in [4.69, 9.17) is 9.47 Å². The van der Waals surface area contributed by atoms with Gasteiger partial charge in [0.1, 0.15) is 5.75 Å². The predicted molar refractivity (Wildman–Crippen MR) is 68.6 cm³/mol. The van der Waals surface area contributed by atoms with Crippen molar-refractivity contribution in [3.8, 4) is 5.75 Å². The SMILES string of the molecule is COc1cc(C)c(C)cc1C1COCC(C)N1. The normalized spacial score (nSPS) is 24.7. The van der Waals surface area contributed by atoms with E-state index in [0.717, 1.165) is 12.4 Å². The van der Waals surface area contributed by atoms with Gasteiger partial charge in [0.15, 0.2) is 0 Å². The van der Waals surface area contributed by atoms with Gasteiger partial charge >= 0.3 is 0 Å². The molecule has 1 aliphatic rings. The lowest BCUT2D eigenvalue weighted by atomic mass is 9.99. The first-order valence-corrected chi connectivity index (χ1v) is 6.10. The molecule has 1 aliphatic heterocycles. The number of rotatable bonds is 2. The zero-order valence-electron chi connectivity index (χ0n) is 11.0. The van der Waals surface area contributed by atoms with Crippen LogP contribution in [0.25, 0.3) is 0 Å². The minimum absolute atomic E-state index is 0.230. The number of methoxy groups -OCH3 is 1. The quantitative estimate of drug-likeness (QED) is 0.853. The van der Waals surface area contributed by atoms with Gasteiger partial charge < -0.3 is 14.8 Å². The fourth-order valence-electron chi connectivity index (χ4n) is 2.24. The van der Waals surface area contributed by atoms with Crippen molar-refractivity contribution in [2.24, 2.45) is 0 Å². The zero-order chi connectivity index (χ0) is 12.4. The molecule has 94 valence electrons. The van der Waals surface area contributed by atoms with E-state index in [9.17, 15) is 0 Å². The average molecular weight is 235 g/mol. The van der Waals surface area contributed by atoms with E-state index >= 15 is 0 Å². The molecule has 3 nitrogen and oxygen atoms in total. The van der Waals surface area contributed by atoms with Crippen LogP contribution in [0, 0.1) is 13.8 Å². The van der Waals surface area contributed by atoms with E-state index in [2.05, 4.69) is 38.2 Å². The largest absolute Gasteiger partial charge is 0.496 e. The Bertz CT molecular complexity index is 403. The highest BCUT2D eigenvalue weighted by molar-refractivity contribution is 5.43. The van der Waals surface area contributed by atoms with Gasteiger partial charge in [0.25, 0.3) is 0 Å². The summed E-state index contributed by atoms with van der Waals surface area (Å²) >= 11 is 0. The molecule has 0 aliphatic carbocycles. The number of morpholine rings is 1. The molecule has 1 aromatic rings. The molecule has 0 bridgehead atoms. The minimum atomic E-state index is 0.230. The third-order valence-corrected chi connectivity index (χ3v) is 3.36. The van der Waals surface area contributed by atoms with Gasteiger partial charge in [-0.05, 0) is 38.0 Å². The number of aryl methyl sites for hydroxylation is 2. The van der Waals surface area contributed by atoms with Gasteiger partial charge in [-0.1, -0.05) is 6.07 Å². The van der Waals surface area contributed by atoms with Crippen LogP contribution in [0.3, 0.4) is 0 Å². The molecule has 3 heteroatoms. The number of hydrogen-bond donors (Lipinski definition) is 1. The molecule has 1 aromatic carbocycles. The molecule has 2 rings (SSSR count). The average Bonchev–Trinajstić information content (AvgIpc) is 2.32. The van der Waals surface area contributed by atoms with E-state index in [1.807, 2.05) is 0 Å². The van der Waals surface area contributed by atoms with Crippen LogP contribution in [-0.2, 0) is 4.74 Å². The maximum absolute atomic E-state index is 5.60. The first kappa shape index (κ1) is 12.4. The Balaban J connectivity index is 2.33. The van der Waals surface area contributed by atoms with Crippen LogP contribution >= 0.6 is 0 Å². The summed E-state index contributed by atoms with van der Waals surface area (Å²) < 4.78 is 11.1. The number of benzene rings is 1. The lowest BCUT2D eigenvalue weighted by Crippen LogP contribution is -2.41. The second kappa shape index (κ2) is 5.07. The van der Waals surface area contributed by atoms with Crippen molar-refractivity contribution in [3.05, 3.63) is 28.8 Å². The summed E-state index contributed by atoms with van der Waals surface area (Å²) in [6, 6.07) is 4.92. The summed E-state index contributed by atoms with van der Waals surface area (Å²) in [6.07, 6.45) is 0. The monoisotopic (exact) mass is 235 g/mol. The van der Waals surface area contributed by atoms with Crippen molar-refractivity contribution in [3.63, 3.8) is 0 Å². The van der Waals surface area contributed by atoms with Crippen LogP contribution in [0.5, 0.6) is 5.75 Å². The van der Waals surface area contributed by atoms with E-state index in [0.29, 0.717) is 12.6 Å². The summed E-state index contributed by atoms with van der Waals surface area (Å²) in [5.41, 5.74) is 3.75. The van der Waals surface area contributed by atoms with Crippen LogP contribution in [0.15, 0.2) is 12.1 Å². The third-order valence-electron chi connectivity index (χ3n) is 3.36. The molecule has 1 N–H and O–H groups in total. The van der Waals surface area contributed by atoms with E-state index in [-0.39, 0.29) is 6.04 Å². The number of nitrogens with one attached hydrogen (secondary N) is 1. The first-order valence-electron chi connectivity index (χ1n) is 6.10. The van der Waals surface area contributed by atoms with Crippen molar-refractivity contribution >= 4 is 0 Å². The van der Waals surface area contributed by atoms with Crippen LogP contribution < -0.4 is 10.1 Å². The molecule has 1 saturated heterocycles. The Kier molecular flexibility index (Phi) is 3.69. The summed E-state index contributed by atoms with van der Waals surface area (Å²) in [5.74, 6) is 0.948. The second-order valence-corrected chi connectivity index (χ2v) is 4.84. The standard InChI is InChI=1S/C14H21NO2/c1-9-5-12(14(16-4)6-10(9)2)13-8-17-7-11(3)15-13/h5-6,11,13,15H,7-8H2,1-4H3. The van der Waals surface area contributed by atoms with Crippen molar-refractivity contribution < 1.29 is 9.47 Å². The molecule has 1 fully saturated rings. The van der Waals surface area contributed by atoms with Crippen LogP contribution in [-0.4, -0.2) is 26.4 Å². The smallest absolute Gasteiger partial charge is 0.124 e. The maximum atomic E-state index is 5.60. The molecule has 0 spiro atoms. The number of ether oxygens (including phenoxy) is 2. The Hall–Kier alpha value is -1.06. The molecule has 2 atom stereocenters. The van der Waals surface area contributed by atoms with Crippen molar-refractivity contribution in [1.82, 2.24) is 5.32 Å². The maximum Gasteiger partial charge on any atom is 0.124 e. The topological polar surface area (TPSA) is 30.5 Å². The molecule has 0 saturated carbocycles. The molecular formula is C14H21NO2. The number of hydrogen-bond acceptors (Lipinski definition) is 3. The fourth-order valence-corrected chi connectivity index (χ4v) is 2.24. The third kappa shape index (κ3) is 2.61. The zero-order valence-corrected chi connectivity index (χ0v) is 11.0. The summed E-state index contributed by atoms with van der Waals surface area (Å²) in [5, 5.41) is 3.55. The van der Waals surface area contributed by atoms with Crippen molar-refractivity contribution in [2.45, 2.75) is 32.9 Å². The van der Waals surface area contributed by atoms with Gasteiger partial charge in [0, 0.05) is 11.6 Å². The first-order chi connectivity index (χ1) is 8.11. The highest BCUT2D eigenvalue weighted by Gasteiger charge is 2.23.